The molecule has 1 aromatic heterocycles. The lowest BCUT2D eigenvalue weighted by Crippen LogP contribution is -2.39. The minimum Gasteiger partial charge on any atom is -0.497 e. The monoisotopic (exact) mass is 468 g/mol. The standard InChI is InChI=1S/C26H29FN2O5/c1-31-21-7-4-6-19(12-21)14-29(15-20(30)17-32-18-22-8-5-11-33-22)16-23-13-26(28-34-23)24-9-2-3-10-25(24)27/h2-12,20,23,30H,13-18H2,1H3/t20-,23+/m0/s1. The van der Waals surface area contributed by atoms with E-state index >= 15 is 0 Å². The Morgan fingerprint density at radius 3 is 2.85 bits per heavy atom. The largest absolute Gasteiger partial charge is 0.497 e. The molecule has 0 unspecified atom stereocenters. The number of ether oxygens (including phenoxy) is 2. The van der Waals surface area contributed by atoms with Gasteiger partial charge >= 0.3 is 0 Å². The minimum absolute atomic E-state index is 0.164. The molecule has 0 spiro atoms. The van der Waals surface area contributed by atoms with Gasteiger partial charge in [-0.05, 0) is 35.9 Å². The summed E-state index contributed by atoms with van der Waals surface area (Å²) in [5.74, 6) is 1.16. The van der Waals surface area contributed by atoms with Crippen LogP contribution in [0.1, 0.15) is 23.3 Å². The third-order valence-corrected chi connectivity index (χ3v) is 5.52. The van der Waals surface area contributed by atoms with E-state index < -0.39 is 6.10 Å². The van der Waals surface area contributed by atoms with Gasteiger partial charge in [-0.1, -0.05) is 35.5 Å². The summed E-state index contributed by atoms with van der Waals surface area (Å²) < 4.78 is 30.4. The van der Waals surface area contributed by atoms with Gasteiger partial charge in [0.15, 0.2) is 0 Å². The van der Waals surface area contributed by atoms with Gasteiger partial charge < -0.3 is 23.8 Å². The zero-order valence-electron chi connectivity index (χ0n) is 19.1. The van der Waals surface area contributed by atoms with Crippen molar-refractivity contribution >= 4 is 5.71 Å². The summed E-state index contributed by atoms with van der Waals surface area (Å²) in [7, 11) is 1.63. The first-order valence-corrected chi connectivity index (χ1v) is 11.2. The molecule has 34 heavy (non-hydrogen) atoms. The molecule has 2 atom stereocenters. The van der Waals surface area contributed by atoms with Gasteiger partial charge in [0.1, 0.15) is 30.0 Å². The van der Waals surface area contributed by atoms with Crippen molar-refractivity contribution in [3.8, 4) is 5.75 Å². The van der Waals surface area contributed by atoms with E-state index in [4.69, 9.17) is 18.7 Å². The van der Waals surface area contributed by atoms with Gasteiger partial charge in [-0.2, -0.15) is 0 Å². The van der Waals surface area contributed by atoms with E-state index in [0.29, 0.717) is 49.7 Å². The van der Waals surface area contributed by atoms with E-state index in [1.807, 2.05) is 30.3 Å². The van der Waals surface area contributed by atoms with Crippen LogP contribution in [0.4, 0.5) is 4.39 Å². The van der Waals surface area contributed by atoms with Gasteiger partial charge in [-0.3, -0.25) is 4.90 Å². The van der Waals surface area contributed by atoms with Crippen LogP contribution in [0, 0.1) is 5.82 Å². The third-order valence-electron chi connectivity index (χ3n) is 5.52. The van der Waals surface area contributed by atoms with Crippen molar-refractivity contribution in [2.24, 2.45) is 5.16 Å². The van der Waals surface area contributed by atoms with Crippen molar-refractivity contribution < 1.29 is 28.2 Å². The second-order valence-electron chi connectivity index (χ2n) is 8.24. The Balaban J connectivity index is 1.37. The first kappa shape index (κ1) is 23.9. The van der Waals surface area contributed by atoms with Crippen LogP contribution >= 0.6 is 0 Å². The van der Waals surface area contributed by atoms with E-state index in [1.165, 1.54) is 6.07 Å². The van der Waals surface area contributed by atoms with E-state index in [1.54, 1.807) is 37.6 Å². The van der Waals surface area contributed by atoms with Crippen LogP contribution in [0.15, 0.2) is 76.5 Å². The molecule has 0 fully saturated rings. The topological polar surface area (TPSA) is 76.7 Å². The zero-order valence-corrected chi connectivity index (χ0v) is 19.1. The molecular weight excluding hydrogens is 439 g/mol. The van der Waals surface area contributed by atoms with Crippen LogP contribution in [0.2, 0.25) is 0 Å². The SMILES string of the molecule is COc1cccc(CN(C[C@H](O)COCc2ccco2)C[C@H]2CC(c3ccccc3F)=NO2)c1. The molecule has 0 aliphatic carbocycles. The summed E-state index contributed by atoms with van der Waals surface area (Å²) in [5.41, 5.74) is 2.08. The summed E-state index contributed by atoms with van der Waals surface area (Å²) in [6.45, 7) is 1.91. The lowest BCUT2D eigenvalue weighted by Gasteiger charge is -2.27. The number of furan rings is 1. The first-order valence-electron chi connectivity index (χ1n) is 11.2. The molecule has 1 N–H and O–H groups in total. The maximum Gasteiger partial charge on any atom is 0.145 e. The summed E-state index contributed by atoms with van der Waals surface area (Å²) in [5, 5.41) is 14.8. The fourth-order valence-corrected chi connectivity index (χ4v) is 3.94. The molecule has 7 nitrogen and oxygen atoms in total. The molecular formula is C26H29FN2O5. The maximum absolute atomic E-state index is 14.2. The third kappa shape index (κ3) is 6.66. The van der Waals surface area contributed by atoms with Gasteiger partial charge in [0.25, 0.3) is 0 Å². The number of benzene rings is 2. The van der Waals surface area contributed by atoms with E-state index in [-0.39, 0.29) is 18.5 Å². The summed E-state index contributed by atoms with van der Waals surface area (Å²) in [4.78, 5) is 7.71. The van der Waals surface area contributed by atoms with Crippen molar-refractivity contribution in [2.45, 2.75) is 31.8 Å². The number of hydrogen-bond donors (Lipinski definition) is 1. The molecule has 0 radical (unpaired) electrons. The van der Waals surface area contributed by atoms with Crippen molar-refractivity contribution in [1.82, 2.24) is 4.90 Å². The summed E-state index contributed by atoms with van der Waals surface area (Å²) in [6, 6.07) is 18.0. The number of hydrogen-bond acceptors (Lipinski definition) is 7. The average Bonchev–Trinajstić information content (AvgIpc) is 3.52. The highest BCUT2D eigenvalue weighted by atomic mass is 19.1. The Labute approximate surface area is 198 Å². The van der Waals surface area contributed by atoms with Crippen LogP contribution in [0.3, 0.4) is 0 Å². The van der Waals surface area contributed by atoms with Crippen LogP contribution < -0.4 is 4.74 Å². The maximum atomic E-state index is 14.2. The van der Waals surface area contributed by atoms with Gasteiger partial charge in [-0.25, -0.2) is 4.39 Å². The molecule has 0 amide bonds. The normalized spacial score (nSPS) is 16.4. The van der Waals surface area contributed by atoms with E-state index in [0.717, 1.165) is 11.3 Å². The number of nitrogens with zero attached hydrogens (tertiary/aromatic N) is 2. The number of halogens is 1. The van der Waals surface area contributed by atoms with Crippen LogP contribution in [0.25, 0.3) is 0 Å². The molecule has 1 aliphatic heterocycles. The molecule has 180 valence electrons. The molecule has 8 heteroatoms. The Hall–Kier alpha value is -3.20. The van der Waals surface area contributed by atoms with E-state index in [9.17, 15) is 9.50 Å². The second kappa shape index (κ2) is 11.8. The van der Waals surface area contributed by atoms with Crippen LogP contribution in [-0.2, 0) is 22.7 Å². The first-order chi connectivity index (χ1) is 16.6. The van der Waals surface area contributed by atoms with Gasteiger partial charge in [0.2, 0.25) is 0 Å². The lowest BCUT2D eigenvalue weighted by molar-refractivity contribution is -0.00956. The number of methoxy groups -OCH3 is 1. The molecule has 0 saturated heterocycles. The average molecular weight is 469 g/mol. The molecule has 0 saturated carbocycles. The minimum atomic E-state index is -0.714. The quantitative estimate of drug-likeness (QED) is 0.433. The van der Waals surface area contributed by atoms with Gasteiger partial charge in [0.05, 0.1) is 31.8 Å². The predicted molar refractivity (Wildman–Crippen MR) is 125 cm³/mol. The van der Waals surface area contributed by atoms with Crippen LogP contribution in [-0.4, -0.2) is 54.7 Å². The molecule has 1 aliphatic rings. The summed E-state index contributed by atoms with van der Waals surface area (Å²) in [6.07, 6.45) is 1.11. The number of aliphatic hydroxyl groups excluding tert-OH is 1. The second-order valence-corrected chi connectivity index (χ2v) is 8.24. The number of aliphatic hydroxyl groups is 1. The molecule has 2 aromatic carbocycles. The van der Waals surface area contributed by atoms with Crippen molar-refractivity contribution in [1.29, 1.82) is 0 Å². The highest BCUT2D eigenvalue weighted by Gasteiger charge is 2.27. The van der Waals surface area contributed by atoms with Crippen molar-refractivity contribution in [3.63, 3.8) is 0 Å². The molecule has 3 aromatic rings. The molecule has 0 bridgehead atoms. The Bertz CT molecular complexity index is 1070. The Morgan fingerprint density at radius 2 is 2.06 bits per heavy atom. The smallest absolute Gasteiger partial charge is 0.145 e. The van der Waals surface area contributed by atoms with Crippen molar-refractivity contribution in [2.75, 3.05) is 26.8 Å². The van der Waals surface area contributed by atoms with Gasteiger partial charge in [-0.15, -0.1) is 0 Å². The number of oxime groups is 1. The van der Waals surface area contributed by atoms with Crippen LogP contribution in [0.5, 0.6) is 5.75 Å². The summed E-state index contributed by atoms with van der Waals surface area (Å²) >= 11 is 0. The highest BCUT2D eigenvalue weighted by molar-refractivity contribution is 6.01. The fourth-order valence-electron chi connectivity index (χ4n) is 3.94. The predicted octanol–water partition coefficient (Wildman–Crippen LogP) is 4.00. The van der Waals surface area contributed by atoms with E-state index in [2.05, 4.69) is 10.1 Å². The van der Waals surface area contributed by atoms with Crippen molar-refractivity contribution in [3.05, 3.63) is 89.6 Å². The Kier molecular flexibility index (Phi) is 8.30. The fraction of sp³-hybridized carbons (Fsp3) is 0.346. The highest BCUT2D eigenvalue weighted by Crippen LogP contribution is 2.21. The Morgan fingerprint density at radius 1 is 1.18 bits per heavy atom. The molecule has 4 rings (SSSR count). The molecule has 2 heterocycles. The number of rotatable bonds is 12. The van der Waals surface area contributed by atoms with Gasteiger partial charge in [0, 0.05) is 31.6 Å². The lowest BCUT2D eigenvalue weighted by atomic mass is 10.0. The zero-order chi connectivity index (χ0) is 23.8.